The van der Waals surface area contributed by atoms with Gasteiger partial charge in [0.1, 0.15) is 17.4 Å². The summed E-state index contributed by atoms with van der Waals surface area (Å²) in [6.45, 7) is 3.83. The highest BCUT2D eigenvalue weighted by atomic mass is 127. The molecule has 7 nitrogen and oxygen atoms in total. The van der Waals surface area contributed by atoms with Crippen LogP contribution in [0.15, 0.2) is 71.9 Å². The smallest absolute Gasteiger partial charge is 0.193 e. The molecule has 1 aliphatic heterocycles. The van der Waals surface area contributed by atoms with Crippen molar-refractivity contribution in [1.29, 1.82) is 0 Å². The number of halogens is 2. The van der Waals surface area contributed by atoms with Crippen molar-refractivity contribution < 1.29 is 9.13 Å². The molecule has 0 aliphatic carbocycles. The van der Waals surface area contributed by atoms with Crippen LogP contribution in [0.4, 0.5) is 21.6 Å². The number of pyridine rings is 1. The van der Waals surface area contributed by atoms with Crippen molar-refractivity contribution in [3.63, 3.8) is 0 Å². The summed E-state index contributed by atoms with van der Waals surface area (Å²) in [7, 11) is 1.62. The lowest BCUT2D eigenvalue weighted by Gasteiger charge is -2.36. The van der Waals surface area contributed by atoms with E-state index in [1.807, 2.05) is 48.5 Å². The molecule has 2 heterocycles. The fourth-order valence-corrected chi connectivity index (χ4v) is 3.68. The first-order valence-corrected chi connectivity index (χ1v) is 10.5. The number of nitrogens with one attached hydrogen (secondary N) is 1. The quantitative estimate of drug-likeness (QED) is 0.268. The second-order valence-corrected chi connectivity index (χ2v) is 7.50. The topological polar surface area (TPSA) is 79.0 Å². The van der Waals surface area contributed by atoms with Crippen LogP contribution >= 0.6 is 24.0 Å². The van der Waals surface area contributed by atoms with Gasteiger partial charge >= 0.3 is 0 Å². The van der Waals surface area contributed by atoms with Crippen LogP contribution in [0.1, 0.15) is 5.56 Å². The summed E-state index contributed by atoms with van der Waals surface area (Å²) in [6, 6.07) is 18.2. The number of methoxy groups -OCH3 is 1. The van der Waals surface area contributed by atoms with Crippen LogP contribution < -0.4 is 25.6 Å². The van der Waals surface area contributed by atoms with Crippen molar-refractivity contribution in [2.45, 2.75) is 6.54 Å². The number of nitrogens with zero attached hydrogens (tertiary/aromatic N) is 4. The Bertz CT molecular complexity index is 1070. The molecule has 1 fully saturated rings. The van der Waals surface area contributed by atoms with Crippen molar-refractivity contribution in [2.24, 2.45) is 10.7 Å². The zero-order valence-electron chi connectivity index (χ0n) is 18.4. The Hall–Kier alpha value is -3.08. The van der Waals surface area contributed by atoms with E-state index in [9.17, 15) is 4.39 Å². The molecular weight excluding hydrogens is 534 g/mol. The number of ether oxygens (including phenoxy) is 1. The third-order valence-corrected chi connectivity index (χ3v) is 5.41. The number of benzene rings is 2. The second kappa shape index (κ2) is 11.7. The number of hydrogen-bond donors (Lipinski definition) is 2. The average Bonchev–Trinajstić information content (AvgIpc) is 2.84. The lowest BCUT2D eigenvalue weighted by atomic mass is 10.2. The van der Waals surface area contributed by atoms with Gasteiger partial charge in [-0.15, -0.1) is 24.0 Å². The number of nitrogens with two attached hydrogens (primary N) is 1. The van der Waals surface area contributed by atoms with Crippen molar-refractivity contribution >= 4 is 47.1 Å². The van der Waals surface area contributed by atoms with Crippen molar-refractivity contribution in [2.75, 3.05) is 48.4 Å². The van der Waals surface area contributed by atoms with E-state index in [1.54, 1.807) is 13.3 Å². The maximum atomic E-state index is 13.2. The van der Waals surface area contributed by atoms with Gasteiger partial charge in [0.25, 0.3) is 0 Å². The number of guanidine groups is 1. The standard InChI is InChI=1S/C24H27FN6O.HI/c1-32-22-5-3-2-4-21(22)29-24(26)28-17-18-10-11-27-23(16-18)31-14-12-30(13-15-31)20-8-6-19(25)7-9-20;/h2-11,16H,12-15,17H2,1H3,(H3,26,28,29);1H. The SMILES string of the molecule is COc1ccccc1NC(N)=NCc1ccnc(N2CCN(c3ccc(F)cc3)CC2)c1.I. The zero-order valence-corrected chi connectivity index (χ0v) is 20.8. The van der Waals surface area contributed by atoms with Crippen LogP contribution in [0.5, 0.6) is 5.75 Å². The molecule has 0 saturated carbocycles. The predicted molar refractivity (Wildman–Crippen MR) is 142 cm³/mol. The molecule has 33 heavy (non-hydrogen) atoms. The third-order valence-electron chi connectivity index (χ3n) is 5.41. The Morgan fingerprint density at radius 3 is 2.48 bits per heavy atom. The molecule has 0 radical (unpaired) electrons. The van der Waals surface area contributed by atoms with E-state index in [4.69, 9.17) is 10.5 Å². The average molecular weight is 562 g/mol. The molecule has 3 aromatic rings. The summed E-state index contributed by atoms with van der Waals surface area (Å²) >= 11 is 0. The van der Waals surface area contributed by atoms with Gasteiger partial charge in [0.05, 0.1) is 19.3 Å². The van der Waals surface area contributed by atoms with Crippen LogP contribution in [0.2, 0.25) is 0 Å². The molecule has 2 aromatic carbocycles. The van der Waals surface area contributed by atoms with E-state index in [2.05, 4.69) is 25.1 Å². The Kier molecular flexibility index (Phi) is 8.70. The Morgan fingerprint density at radius 1 is 1.06 bits per heavy atom. The first kappa shape index (κ1) is 24.6. The monoisotopic (exact) mass is 562 g/mol. The van der Waals surface area contributed by atoms with Gasteiger partial charge in [-0.1, -0.05) is 12.1 Å². The van der Waals surface area contributed by atoms with Crippen LogP contribution in [-0.4, -0.2) is 44.2 Å². The molecule has 1 aromatic heterocycles. The van der Waals surface area contributed by atoms with E-state index >= 15 is 0 Å². The van der Waals surface area contributed by atoms with Gasteiger partial charge < -0.3 is 25.6 Å². The number of para-hydroxylation sites is 2. The minimum absolute atomic E-state index is 0. The molecule has 0 unspecified atom stereocenters. The first-order chi connectivity index (χ1) is 15.6. The summed E-state index contributed by atoms with van der Waals surface area (Å²) in [4.78, 5) is 13.5. The van der Waals surface area contributed by atoms with Crippen molar-refractivity contribution in [3.8, 4) is 5.75 Å². The highest BCUT2D eigenvalue weighted by Crippen LogP contribution is 2.23. The van der Waals surface area contributed by atoms with Crippen LogP contribution in [0, 0.1) is 5.82 Å². The lowest BCUT2D eigenvalue weighted by Crippen LogP contribution is -2.46. The van der Waals surface area contributed by atoms with E-state index in [-0.39, 0.29) is 29.8 Å². The van der Waals surface area contributed by atoms with Crippen LogP contribution in [-0.2, 0) is 6.54 Å². The summed E-state index contributed by atoms with van der Waals surface area (Å²) in [5, 5.41) is 3.08. The lowest BCUT2D eigenvalue weighted by molar-refractivity contribution is 0.417. The van der Waals surface area contributed by atoms with E-state index in [0.29, 0.717) is 18.3 Å². The molecule has 0 atom stereocenters. The minimum atomic E-state index is -0.213. The molecular formula is C24H28FIN6O. The number of piperazine rings is 1. The van der Waals surface area contributed by atoms with Gasteiger partial charge in [-0.25, -0.2) is 14.4 Å². The maximum absolute atomic E-state index is 13.2. The van der Waals surface area contributed by atoms with E-state index in [0.717, 1.165) is 48.9 Å². The summed E-state index contributed by atoms with van der Waals surface area (Å²) < 4.78 is 18.5. The van der Waals surface area contributed by atoms with Gasteiger partial charge in [-0.05, 0) is 54.1 Å². The molecule has 9 heteroatoms. The number of rotatable bonds is 6. The van der Waals surface area contributed by atoms with Gasteiger partial charge in [0.15, 0.2) is 5.96 Å². The highest BCUT2D eigenvalue weighted by Gasteiger charge is 2.18. The largest absolute Gasteiger partial charge is 0.495 e. The van der Waals surface area contributed by atoms with E-state index in [1.165, 1.54) is 12.1 Å². The molecule has 3 N–H and O–H groups in total. The Labute approximate surface area is 210 Å². The first-order valence-electron chi connectivity index (χ1n) is 10.5. The Balaban J connectivity index is 0.00000306. The third kappa shape index (κ3) is 6.47. The van der Waals surface area contributed by atoms with Crippen LogP contribution in [0.3, 0.4) is 0 Å². The summed E-state index contributed by atoms with van der Waals surface area (Å²) in [5.41, 5.74) is 8.91. The molecule has 4 rings (SSSR count). The fourth-order valence-electron chi connectivity index (χ4n) is 3.68. The molecule has 174 valence electrons. The number of aliphatic imine (C=N–C) groups is 1. The van der Waals surface area contributed by atoms with Crippen molar-refractivity contribution in [3.05, 3.63) is 78.2 Å². The number of hydrogen-bond acceptors (Lipinski definition) is 5. The number of anilines is 3. The van der Waals surface area contributed by atoms with Crippen LogP contribution in [0.25, 0.3) is 0 Å². The van der Waals surface area contributed by atoms with Gasteiger partial charge in [-0.2, -0.15) is 0 Å². The molecule has 0 amide bonds. The predicted octanol–water partition coefficient (Wildman–Crippen LogP) is 4.10. The van der Waals surface area contributed by atoms with Gasteiger partial charge in [-0.3, -0.25) is 0 Å². The summed E-state index contributed by atoms with van der Waals surface area (Å²) in [6.07, 6.45) is 1.80. The molecule has 0 spiro atoms. The van der Waals surface area contributed by atoms with Crippen molar-refractivity contribution in [1.82, 2.24) is 4.98 Å². The Morgan fingerprint density at radius 2 is 1.76 bits per heavy atom. The highest BCUT2D eigenvalue weighted by molar-refractivity contribution is 14.0. The van der Waals surface area contributed by atoms with Gasteiger partial charge in [0.2, 0.25) is 0 Å². The molecule has 0 bridgehead atoms. The second-order valence-electron chi connectivity index (χ2n) is 7.50. The fraction of sp³-hybridized carbons (Fsp3) is 0.250. The minimum Gasteiger partial charge on any atom is -0.495 e. The maximum Gasteiger partial charge on any atom is 0.193 e. The normalized spacial score (nSPS) is 13.9. The zero-order chi connectivity index (χ0) is 22.3. The molecule has 1 saturated heterocycles. The van der Waals surface area contributed by atoms with Gasteiger partial charge in [0, 0.05) is 38.1 Å². The van der Waals surface area contributed by atoms with E-state index < -0.39 is 0 Å². The molecule has 1 aliphatic rings. The number of aromatic nitrogens is 1. The summed E-state index contributed by atoms with van der Waals surface area (Å²) in [5.74, 6) is 1.74.